The number of aromatic nitrogens is 4. The average Bonchev–Trinajstić information content (AvgIpc) is 4.17. The van der Waals surface area contributed by atoms with Crippen molar-refractivity contribution < 1.29 is 9.59 Å². The molecule has 9 rings (SSSR count). The Bertz CT molecular complexity index is 2750. The first-order chi connectivity index (χ1) is 32.7. The summed E-state index contributed by atoms with van der Waals surface area (Å²) < 4.78 is 20.5. The third-order valence-corrected chi connectivity index (χ3v) is 17.6. The van der Waals surface area contributed by atoms with Crippen LogP contribution in [-0.4, -0.2) is 60.8 Å². The molecule has 4 aromatic carbocycles. The van der Waals surface area contributed by atoms with E-state index in [9.17, 15) is 9.59 Å². The number of likely N-dealkylation sites (N-methyl/N-ethyl adjacent to an activating group) is 2. The summed E-state index contributed by atoms with van der Waals surface area (Å²) in [5.41, 5.74) is 14.6. The molecule has 0 atom stereocenters. The van der Waals surface area contributed by atoms with Crippen LogP contribution in [-0.2, 0) is 15.0 Å². The molecule has 2 amide bonds. The first kappa shape index (κ1) is 47.9. The summed E-state index contributed by atoms with van der Waals surface area (Å²) in [6, 6.07) is 22.7. The van der Waals surface area contributed by atoms with Gasteiger partial charge in [0.05, 0.1) is 33.3 Å². The van der Waals surface area contributed by atoms with Gasteiger partial charge in [-0.05, 0) is 84.4 Å². The van der Waals surface area contributed by atoms with Crippen molar-refractivity contribution in [3.8, 4) is 33.4 Å². The molecule has 0 spiro atoms. The Balaban J connectivity index is 1.13. The van der Waals surface area contributed by atoms with Crippen molar-refractivity contribution in [2.75, 3.05) is 13.1 Å². The molecular formula is C53H56N6O2S6. The Kier molecular flexibility index (Phi) is 15.2. The van der Waals surface area contributed by atoms with Gasteiger partial charge in [-0.3, -0.25) is 19.4 Å². The predicted octanol–water partition coefficient (Wildman–Crippen LogP) is 15.2. The number of carbonyl (C=O) groups is 2. The lowest BCUT2D eigenvalue weighted by Gasteiger charge is -2.33. The van der Waals surface area contributed by atoms with Crippen molar-refractivity contribution >= 4 is 126 Å². The van der Waals surface area contributed by atoms with Crippen molar-refractivity contribution in [1.29, 1.82) is 0 Å². The highest BCUT2D eigenvalue weighted by Crippen LogP contribution is 2.56. The van der Waals surface area contributed by atoms with Gasteiger partial charge in [-0.1, -0.05) is 187 Å². The Morgan fingerprint density at radius 2 is 0.896 bits per heavy atom. The summed E-state index contributed by atoms with van der Waals surface area (Å²) in [6.45, 7) is 9.57. The SMILES string of the molecule is CCCCCCCCC1(CCCCCCCC)c2cc(-c3ccc(/C=C4\SC(=S)N(CC)C4=O)c4nsnc34)ccc2-c2ccc(-c3ccc(/C=C4/SC(=S)N(CC)C4=O)c4nsnc34)cc21. The summed E-state index contributed by atoms with van der Waals surface area (Å²) in [4.78, 5) is 30.9. The average molecular weight is 1000 g/mol. The maximum atomic E-state index is 13.2. The number of unbranched alkanes of at least 4 members (excludes halogenated alkanes) is 10. The molecule has 6 aromatic rings. The van der Waals surface area contributed by atoms with E-state index >= 15 is 0 Å². The summed E-state index contributed by atoms with van der Waals surface area (Å²) in [5.74, 6) is -0.113. The van der Waals surface area contributed by atoms with E-state index in [0.717, 1.165) is 81.1 Å². The zero-order chi connectivity index (χ0) is 46.7. The number of thioether (sulfide) groups is 2. The van der Waals surface area contributed by atoms with E-state index in [2.05, 4.69) is 74.5 Å². The van der Waals surface area contributed by atoms with Gasteiger partial charge in [0, 0.05) is 40.8 Å². The van der Waals surface area contributed by atoms with Crippen LogP contribution in [0.4, 0.5) is 0 Å². The highest BCUT2D eigenvalue weighted by Gasteiger charge is 2.43. The lowest BCUT2D eigenvalue weighted by atomic mass is 9.70. The molecule has 1 aliphatic carbocycles. The van der Waals surface area contributed by atoms with E-state index in [-0.39, 0.29) is 17.2 Å². The molecule has 0 radical (unpaired) electrons. The highest BCUT2D eigenvalue weighted by molar-refractivity contribution is 8.27. The third kappa shape index (κ3) is 9.35. The Labute approximate surface area is 422 Å². The van der Waals surface area contributed by atoms with Gasteiger partial charge >= 0.3 is 0 Å². The fourth-order valence-electron chi connectivity index (χ4n) is 10.2. The summed E-state index contributed by atoms with van der Waals surface area (Å²) in [7, 11) is 0. The largest absolute Gasteiger partial charge is 0.293 e. The molecule has 0 unspecified atom stereocenters. The van der Waals surface area contributed by atoms with Gasteiger partial charge in [-0.25, -0.2) is 0 Å². The molecule has 4 heterocycles. The molecule has 0 N–H and O–H groups in total. The first-order valence-corrected chi connectivity index (χ1v) is 27.9. The van der Waals surface area contributed by atoms with Gasteiger partial charge in [0.1, 0.15) is 30.7 Å². The minimum atomic E-state index is -0.187. The molecule has 14 heteroatoms. The number of hydrogen-bond acceptors (Lipinski definition) is 12. The standard InChI is InChI=1S/C53H56N6O2S6/c1-5-9-11-13-15-17-27-53(28-18-16-14-12-10-6-2)41-29-33(37-23-21-35(45-47(37)56-66-54-45)31-43-49(60)58(7-3)51(62)64-43)19-25-39(41)40-26-20-34(30-42(40)53)38-24-22-36(46-48(38)57-67-55-46)32-44-50(61)59(8-4)52(63)65-44/h19-26,29-32H,5-18,27-28H2,1-4H3/b43-31-,44-32+. The normalized spacial score (nSPS) is 16.8. The number of fused-ring (bicyclic) bond motifs is 5. The molecule has 346 valence electrons. The van der Waals surface area contributed by atoms with E-state index < -0.39 is 0 Å². The fourth-order valence-corrected chi connectivity index (χ4v) is 14.1. The van der Waals surface area contributed by atoms with E-state index in [0.29, 0.717) is 31.5 Å². The predicted molar refractivity (Wildman–Crippen MR) is 293 cm³/mol. The molecule has 8 nitrogen and oxygen atoms in total. The van der Waals surface area contributed by atoms with Gasteiger partial charge < -0.3 is 0 Å². The third-order valence-electron chi connectivity index (χ3n) is 13.7. The highest BCUT2D eigenvalue weighted by atomic mass is 32.2. The van der Waals surface area contributed by atoms with Crippen molar-refractivity contribution in [1.82, 2.24) is 27.3 Å². The summed E-state index contributed by atoms with van der Waals surface area (Å²) >= 11 is 16.2. The van der Waals surface area contributed by atoms with Crippen LogP contribution >= 0.6 is 71.4 Å². The lowest BCUT2D eigenvalue weighted by Crippen LogP contribution is -2.27. The molecule has 67 heavy (non-hydrogen) atoms. The van der Waals surface area contributed by atoms with Crippen molar-refractivity contribution in [3.05, 3.63) is 92.7 Å². The second-order valence-electron chi connectivity index (χ2n) is 17.8. The number of thiocarbonyl (C=S) groups is 2. The smallest absolute Gasteiger partial charge is 0.266 e. The first-order valence-electron chi connectivity index (χ1n) is 24.0. The van der Waals surface area contributed by atoms with Crippen LogP contribution in [0.3, 0.4) is 0 Å². The van der Waals surface area contributed by atoms with Gasteiger partial charge in [-0.2, -0.15) is 17.5 Å². The number of nitrogens with zero attached hydrogens (tertiary/aromatic N) is 6. The minimum absolute atomic E-state index is 0.0565. The van der Waals surface area contributed by atoms with Crippen LogP contribution < -0.4 is 0 Å². The molecule has 3 aliphatic rings. The molecule has 2 saturated heterocycles. The molecule has 2 fully saturated rings. The van der Waals surface area contributed by atoms with Crippen molar-refractivity contribution in [2.45, 2.75) is 123 Å². The summed E-state index contributed by atoms with van der Waals surface area (Å²) in [5, 5.41) is 0. The second-order valence-corrected chi connectivity index (χ2v) is 22.2. The molecule has 0 saturated carbocycles. The van der Waals surface area contributed by atoms with E-state index in [4.69, 9.17) is 41.9 Å². The van der Waals surface area contributed by atoms with Crippen LogP contribution in [0.5, 0.6) is 0 Å². The molecule has 2 aromatic heterocycles. The molecule has 2 aliphatic heterocycles. The van der Waals surface area contributed by atoms with Crippen LogP contribution in [0.1, 0.15) is 140 Å². The number of carbonyl (C=O) groups excluding carboxylic acids is 2. The fraction of sp³-hybridized carbons (Fsp3) is 0.396. The van der Waals surface area contributed by atoms with Gasteiger partial charge in [0.15, 0.2) is 0 Å². The second kappa shape index (κ2) is 21.2. The van der Waals surface area contributed by atoms with E-state index in [1.54, 1.807) is 9.80 Å². The number of hydrogen-bond donors (Lipinski definition) is 0. The zero-order valence-corrected chi connectivity index (χ0v) is 43.6. The number of amides is 2. The van der Waals surface area contributed by atoms with Gasteiger partial charge in [0.2, 0.25) is 0 Å². The number of benzene rings is 4. The van der Waals surface area contributed by atoms with Gasteiger partial charge in [-0.15, -0.1) is 0 Å². The maximum Gasteiger partial charge on any atom is 0.266 e. The van der Waals surface area contributed by atoms with E-state index in [1.807, 2.05) is 26.0 Å². The van der Waals surface area contributed by atoms with Gasteiger partial charge in [0.25, 0.3) is 11.8 Å². The topological polar surface area (TPSA) is 92.2 Å². The van der Waals surface area contributed by atoms with Crippen LogP contribution in [0.15, 0.2) is 70.5 Å². The van der Waals surface area contributed by atoms with Crippen molar-refractivity contribution in [3.63, 3.8) is 0 Å². The monoisotopic (exact) mass is 1000 g/mol. The number of rotatable bonds is 20. The van der Waals surface area contributed by atoms with E-state index in [1.165, 1.54) is 133 Å². The Hall–Kier alpha value is -4.18. The van der Waals surface area contributed by atoms with Crippen LogP contribution in [0.2, 0.25) is 0 Å². The lowest BCUT2D eigenvalue weighted by molar-refractivity contribution is -0.122. The summed E-state index contributed by atoms with van der Waals surface area (Å²) in [6.07, 6.45) is 20.9. The Morgan fingerprint density at radius 3 is 1.30 bits per heavy atom. The zero-order valence-electron chi connectivity index (χ0n) is 38.7. The van der Waals surface area contributed by atoms with Crippen LogP contribution in [0, 0.1) is 0 Å². The minimum Gasteiger partial charge on any atom is -0.293 e. The molecule has 0 bridgehead atoms. The maximum absolute atomic E-state index is 13.2. The Morgan fingerprint density at radius 1 is 0.507 bits per heavy atom. The van der Waals surface area contributed by atoms with Crippen molar-refractivity contribution in [2.24, 2.45) is 0 Å². The quantitative estimate of drug-likeness (QED) is 0.0418. The van der Waals surface area contributed by atoms with Crippen LogP contribution in [0.25, 0.3) is 67.6 Å². The molecular weight excluding hydrogens is 945 g/mol.